The topological polar surface area (TPSA) is 117 Å². The maximum atomic E-state index is 12.9. The van der Waals surface area contributed by atoms with Crippen LogP contribution in [0.25, 0.3) is 16.7 Å². The quantitative estimate of drug-likeness (QED) is 0.521. The zero-order chi connectivity index (χ0) is 25.7. The van der Waals surface area contributed by atoms with Gasteiger partial charge in [-0.1, -0.05) is 24.6 Å². The molecule has 0 spiro atoms. The van der Waals surface area contributed by atoms with Crippen molar-refractivity contribution in [2.45, 2.75) is 57.5 Å². The Morgan fingerprint density at radius 2 is 1.78 bits per heavy atom. The highest BCUT2D eigenvalue weighted by molar-refractivity contribution is 7.89. The number of hydrogen-bond donors (Lipinski definition) is 2. The van der Waals surface area contributed by atoms with E-state index in [-0.39, 0.29) is 11.6 Å². The number of pyridine rings is 1. The molecule has 2 fully saturated rings. The Bertz CT molecular complexity index is 1380. The lowest BCUT2D eigenvalue weighted by Crippen LogP contribution is -2.42. The minimum Gasteiger partial charge on any atom is -0.390 e. The minimum absolute atomic E-state index is 0.0322. The number of sulfonamides is 1. The number of nitrogens with one attached hydrogen (secondary N) is 1. The summed E-state index contributed by atoms with van der Waals surface area (Å²) in [6.07, 6.45) is 5.83. The van der Waals surface area contributed by atoms with Crippen LogP contribution in [0, 0.1) is 5.92 Å². The van der Waals surface area contributed by atoms with Crippen LogP contribution in [-0.2, 0) is 10.0 Å². The van der Waals surface area contributed by atoms with E-state index in [0.29, 0.717) is 24.7 Å². The number of aromatic nitrogens is 3. The number of carbonyl (C=O) groups excluding carboxylic acids is 1. The molecule has 0 atom stereocenters. The third kappa shape index (κ3) is 4.84. The van der Waals surface area contributed by atoms with Crippen LogP contribution < -0.4 is 9.62 Å². The van der Waals surface area contributed by atoms with E-state index in [4.69, 9.17) is 5.10 Å². The van der Waals surface area contributed by atoms with Crippen molar-refractivity contribution in [1.82, 2.24) is 19.5 Å². The van der Waals surface area contributed by atoms with E-state index in [9.17, 15) is 18.3 Å². The molecule has 10 heteroatoms. The van der Waals surface area contributed by atoms with Crippen LogP contribution in [0.5, 0.6) is 0 Å². The van der Waals surface area contributed by atoms with E-state index in [1.807, 2.05) is 44.2 Å². The number of fused-ring (bicyclic) bond motifs is 1. The van der Waals surface area contributed by atoms with Crippen molar-refractivity contribution in [3.8, 4) is 5.69 Å². The predicted octanol–water partition coefficient (Wildman–Crippen LogP) is 3.36. The molecule has 1 aromatic carbocycles. The van der Waals surface area contributed by atoms with Crippen LogP contribution >= 0.6 is 0 Å². The van der Waals surface area contributed by atoms with Gasteiger partial charge in [0.15, 0.2) is 5.65 Å². The largest absolute Gasteiger partial charge is 0.390 e. The van der Waals surface area contributed by atoms with Crippen molar-refractivity contribution >= 4 is 32.7 Å². The zero-order valence-electron chi connectivity index (χ0n) is 20.9. The van der Waals surface area contributed by atoms with Crippen LogP contribution in [0.2, 0.25) is 0 Å². The van der Waals surface area contributed by atoms with E-state index in [1.54, 1.807) is 10.7 Å². The fourth-order valence-electron chi connectivity index (χ4n) is 5.25. The van der Waals surface area contributed by atoms with Crippen LogP contribution in [0.1, 0.15) is 68.1 Å². The van der Waals surface area contributed by atoms with Crippen molar-refractivity contribution < 1.29 is 18.3 Å². The normalized spacial score (nSPS) is 17.8. The Kier molecular flexibility index (Phi) is 6.28. The molecule has 2 N–H and O–H groups in total. The summed E-state index contributed by atoms with van der Waals surface area (Å²) in [7, 11) is -3.75. The second kappa shape index (κ2) is 9.15. The van der Waals surface area contributed by atoms with Crippen LogP contribution in [0.15, 0.2) is 36.4 Å². The summed E-state index contributed by atoms with van der Waals surface area (Å²) < 4.78 is 27.5. The molecule has 9 nitrogen and oxygen atoms in total. The van der Waals surface area contributed by atoms with Crippen LogP contribution in [-0.4, -0.2) is 59.1 Å². The molecule has 36 heavy (non-hydrogen) atoms. The number of anilines is 1. The molecule has 1 amide bonds. The molecule has 3 heterocycles. The Hall–Kier alpha value is -2.98. The number of nitrogens with zero attached hydrogens (tertiary/aromatic N) is 4. The average Bonchev–Trinajstić information content (AvgIpc) is 3.15. The number of benzene rings is 1. The summed E-state index contributed by atoms with van der Waals surface area (Å²) in [5.74, 6) is -0.266. The number of rotatable bonds is 6. The second-order valence-electron chi connectivity index (χ2n) is 10.6. The van der Waals surface area contributed by atoms with E-state index in [1.165, 1.54) is 0 Å². The van der Waals surface area contributed by atoms with Gasteiger partial charge in [-0.15, -0.1) is 0 Å². The Labute approximate surface area is 211 Å². The Morgan fingerprint density at radius 1 is 1.11 bits per heavy atom. The first-order chi connectivity index (χ1) is 17.0. The van der Waals surface area contributed by atoms with Crippen molar-refractivity contribution in [1.29, 1.82) is 0 Å². The maximum absolute atomic E-state index is 12.9. The standard InChI is InChI=1S/C26H33N5O4S/c1-26(2,33)18-12-14-30(15-13-18)21-16-20(25(32)29-36(3,34)35)27-24-22(21)23(17-8-7-9-17)28-31(24)19-10-5-4-6-11-19/h4-6,10-11,16-18,33H,7-9,12-15H2,1-3H3,(H,29,32). The molecule has 1 saturated heterocycles. The van der Waals surface area contributed by atoms with Gasteiger partial charge < -0.3 is 10.0 Å². The fraction of sp³-hybridized carbons (Fsp3) is 0.500. The van der Waals surface area contributed by atoms with Gasteiger partial charge >= 0.3 is 0 Å². The molecule has 0 bridgehead atoms. The SMILES string of the molecule is CC(C)(O)C1CCN(c2cc(C(=O)NS(C)(=O)=O)nc3c2c(C2CCC2)nn3-c2ccccc2)CC1. The molecule has 192 valence electrons. The van der Waals surface area contributed by atoms with Gasteiger partial charge in [0.1, 0.15) is 5.69 Å². The first kappa shape index (κ1) is 24.7. The number of para-hydroxylation sites is 1. The summed E-state index contributed by atoms with van der Waals surface area (Å²) >= 11 is 0. The third-order valence-electron chi connectivity index (χ3n) is 7.48. The summed E-state index contributed by atoms with van der Waals surface area (Å²) in [6, 6.07) is 11.4. The lowest BCUT2D eigenvalue weighted by atomic mass is 9.81. The highest BCUT2D eigenvalue weighted by Gasteiger charge is 2.34. The molecule has 2 aliphatic rings. The minimum atomic E-state index is -3.75. The Balaban J connectivity index is 1.68. The zero-order valence-corrected chi connectivity index (χ0v) is 21.8. The van der Waals surface area contributed by atoms with Gasteiger partial charge in [-0.25, -0.2) is 22.8 Å². The lowest BCUT2D eigenvalue weighted by Gasteiger charge is -2.39. The van der Waals surface area contributed by atoms with Crippen LogP contribution in [0.3, 0.4) is 0 Å². The molecule has 1 aliphatic heterocycles. The molecule has 5 rings (SSSR count). The van der Waals surface area contributed by atoms with Gasteiger partial charge in [-0.05, 0) is 63.6 Å². The summed E-state index contributed by atoms with van der Waals surface area (Å²) in [6.45, 7) is 5.12. The second-order valence-corrected chi connectivity index (χ2v) is 12.4. The highest BCUT2D eigenvalue weighted by Crippen LogP contribution is 2.43. The number of carbonyl (C=O) groups is 1. The lowest BCUT2D eigenvalue weighted by molar-refractivity contribution is 0.00653. The fourth-order valence-corrected chi connectivity index (χ4v) is 5.69. The van der Waals surface area contributed by atoms with E-state index in [2.05, 4.69) is 14.6 Å². The Morgan fingerprint density at radius 3 is 2.33 bits per heavy atom. The van der Waals surface area contributed by atoms with Crippen molar-refractivity contribution in [2.24, 2.45) is 5.92 Å². The van der Waals surface area contributed by atoms with Gasteiger partial charge in [0.25, 0.3) is 5.91 Å². The molecule has 0 radical (unpaired) electrons. The molecule has 1 saturated carbocycles. The summed E-state index contributed by atoms with van der Waals surface area (Å²) in [5.41, 5.74) is 2.47. The van der Waals surface area contributed by atoms with Crippen molar-refractivity contribution in [3.63, 3.8) is 0 Å². The molecular formula is C26H33N5O4S. The number of amides is 1. The van der Waals surface area contributed by atoms with Gasteiger partial charge in [-0.3, -0.25) is 4.79 Å². The molecule has 3 aromatic rings. The monoisotopic (exact) mass is 511 g/mol. The first-order valence-corrected chi connectivity index (χ1v) is 14.4. The van der Waals surface area contributed by atoms with E-state index < -0.39 is 21.5 Å². The predicted molar refractivity (Wildman–Crippen MR) is 139 cm³/mol. The molecule has 0 unspecified atom stereocenters. The maximum Gasteiger partial charge on any atom is 0.283 e. The van der Waals surface area contributed by atoms with Gasteiger partial charge in [0.2, 0.25) is 10.0 Å². The third-order valence-corrected chi connectivity index (χ3v) is 8.04. The van der Waals surface area contributed by atoms with Crippen LogP contribution in [0.4, 0.5) is 5.69 Å². The molecular weight excluding hydrogens is 478 g/mol. The van der Waals surface area contributed by atoms with Crippen molar-refractivity contribution in [2.75, 3.05) is 24.2 Å². The number of aliphatic hydroxyl groups is 1. The molecule has 1 aliphatic carbocycles. The average molecular weight is 512 g/mol. The highest BCUT2D eigenvalue weighted by atomic mass is 32.2. The number of piperidine rings is 1. The van der Waals surface area contributed by atoms with Gasteiger partial charge in [-0.2, -0.15) is 5.10 Å². The smallest absolute Gasteiger partial charge is 0.283 e. The van der Waals surface area contributed by atoms with E-state index >= 15 is 0 Å². The number of hydrogen-bond acceptors (Lipinski definition) is 7. The molecule has 2 aromatic heterocycles. The van der Waals surface area contributed by atoms with Gasteiger partial charge in [0.05, 0.1) is 34.3 Å². The summed E-state index contributed by atoms with van der Waals surface area (Å²) in [5, 5.41) is 16.5. The van der Waals surface area contributed by atoms with Gasteiger partial charge in [0, 0.05) is 19.0 Å². The van der Waals surface area contributed by atoms with Crippen molar-refractivity contribution in [3.05, 3.63) is 47.8 Å². The summed E-state index contributed by atoms with van der Waals surface area (Å²) in [4.78, 5) is 19.8. The van der Waals surface area contributed by atoms with E-state index in [0.717, 1.165) is 60.8 Å². The first-order valence-electron chi connectivity index (χ1n) is 12.5.